The van der Waals surface area contributed by atoms with Crippen molar-refractivity contribution in [3.8, 4) is 0 Å². The van der Waals surface area contributed by atoms with E-state index in [9.17, 15) is 4.79 Å². The molecule has 0 aliphatic rings. The van der Waals surface area contributed by atoms with Gasteiger partial charge in [0.2, 0.25) is 0 Å². The van der Waals surface area contributed by atoms with Crippen LogP contribution in [0.2, 0.25) is 0 Å². The Labute approximate surface area is 109 Å². The second-order valence-corrected chi connectivity index (χ2v) is 4.72. The Balaban J connectivity index is 2.08. The largest absolute Gasteiger partial charge is 0.478 e. The fourth-order valence-corrected chi connectivity index (χ4v) is 2.36. The standard InChI is InChI=1S/C13H12N2O2S/c14-11-7-10(13(16)17)1-2-12(11)18-8-9-3-5-15-6-4-9/h1-7H,8,14H2,(H,16,17). The lowest BCUT2D eigenvalue weighted by molar-refractivity contribution is 0.0697. The van der Waals surface area contributed by atoms with E-state index in [1.807, 2.05) is 12.1 Å². The summed E-state index contributed by atoms with van der Waals surface area (Å²) in [5.41, 5.74) is 7.68. The van der Waals surface area contributed by atoms with Crippen LogP contribution in [0.5, 0.6) is 0 Å². The molecular weight excluding hydrogens is 248 g/mol. The van der Waals surface area contributed by atoms with Crippen LogP contribution in [0.4, 0.5) is 5.69 Å². The predicted octanol–water partition coefficient (Wildman–Crippen LogP) is 2.65. The summed E-state index contributed by atoms with van der Waals surface area (Å²) in [5.74, 6) is -0.188. The van der Waals surface area contributed by atoms with Gasteiger partial charge in [0.1, 0.15) is 0 Å². The number of pyridine rings is 1. The summed E-state index contributed by atoms with van der Waals surface area (Å²) in [5, 5.41) is 8.84. The molecule has 0 amide bonds. The first kappa shape index (κ1) is 12.4. The molecule has 1 heterocycles. The lowest BCUT2D eigenvalue weighted by atomic mass is 10.2. The van der Waals surface area contributed by atoms with Crippen LogP contribution in [0.15, 0.2) is 47.6 Å². The molecule has 0 aliphatic heterocycles. The molecule has 18 heavy (non-hydrogen) atoms. The number of hydrogen-bond acceptors (Lipinski definition) is 4. The summed E-state index contributed by atoms with van der Waals surface area (Å²) < 4.78 is 0. The molecule has 1 aromatic carbocycles. The van der Waals surface area contributed by atoms with Crippen LogP contribution in [0.25, 0.3) is 0 Å². The molecule has 0 radical (unpaired) electrons. The number of nitrogens with zero attached hydrogens (tertiary/aromatic N) is 1. The van der Waals surface area contributed by atoms with E-state index < -0.39 is 5.97 Å². The van der Waals surface area contributed by atoms with Gasteiger partial charge in [-0.2, -0.15) is 0 Å². The van der Waals surface area contributed by atoms with Gasteiger partial charge in [-0.3, -0.25) is 4.98 Å². The number of anilines is 1. The molecule has 0 atom stereocenters. The van der Waals surface area contributed by atoms with Crippen molar-refractivity contribution < 1.29 is 9.90 Å². The van der Waals surface area contributed by atoms with E-state index in [1.165, 1.54) is 6.07 Å². The molecule has 0 saturated heterocycles. The molecular formula is C13H12N2O2S. The molecule has 3 N–H and O–H groups in total. The van der Waals surface area contributed by atoms with Crippen molar-refractivity contribution in [2.75, 3.05) is 5.73 Å². The van der Waals surface area contributed by atoms with Gasteiger partial charge in [-0.05, 0) is 35.9 Å². The first-order chi connectivity index (χ1) is 8.66. The fourth-order valence-electron chi connectivity index (χ4n) is 1.45. The third-order valence-electron chi connectivity index (χ3n) is 2.40. The quantitative estimate of drug-likeness (QED) is 0.653. The van der Waals surface area contributed by atoms with Crippen molar-refractivity contribution in [1.29, 1.82) is 0 Å². The van der Waals surface area contributed by atoms with Crippen LogP contribution in [0, 0.1) is 0 Å². The molecule has 0 spiro atoms. The maximum absolute atomic E-state index is 10.8. The maximum atomic E-state index is 10.8. The second kappa shape index (κ2) is 5.55. The number of carboxylic acids is 1. The number of carbonyl (C=O) groups is 1. The topological polar surface area (TPSA) is 76.2 Å². The lowest BCUT2D eigenvalue weighted by Crippen LogP contribution is -1.98. The average Bonchev–Trinajstić information content (AvgIpc) is 2.38. The number of aromatic carboxylic acids is 1. The van der Waals surface area contributed by atoms with Crippen LogP contribution in [0.3, 0.4) is 0 Å². The van der Waals surface area contributed by atoms with Gasteiger partial charge in [0.25, 0.3) is 0 Å². The zero-order valence-corrected chi connectivity index (χ0v) is 10.4. The smallest absolute Gasteiger partial charge is 0.335 e. The average molecular weight is 260 g/mol. The Bertz CT molecular complexity index is 558. The third-order valence-corrected chi connectivity index (χ3v) is 3.56. The summed E-state index contributed by atoms with van der Waals surface area (Å²) in [7, 11) is 0. The van der Waals surface area contributed by atoms with Crippen molar-refractivity contribution >= 4 is 23.4 Å². The number of benzene rings is 1. The van der Waals surface area contributed by atoms with Crippen molar-refractivity contribution in [3.63, 3.8) is 0 Å². The Morgan fingerprint density at radius 1 is 1.28 bits per heavy atom. The summed E-state index contributed by atoms with van der Waals surface area (Å²) in [6, 6.07) is 8.67. The summed E-state index contributed by atoms with van der Waals surface area (Å²) in [6.45, 7) is 0. The third kappa shape index (κ3) is 3.01. The zero-order valence-electron chi connectivity index (χ0n) is 9.54. The van der Waals surface area contributed by atoms with Crippen molar-refractivity contribution in [2.24, 2.45) is 0 Å². The summed E-state index contributed by atoms with van der Waals surface area (Å²) >= 11 is 1.57. The lowest BCUT2D eigenvalue weighted by Gasteiger charge is -2.06. The minimum atomic E-state index is -0.965. The van der Waals surface area contributed by atoms with E-state index in [0.29, 0.717) is 5.69 Å². The molecule has 1 aromatic heterocycles. The van der Waals surface area contributed by atoms with Gasteiger partial charge in [0.15, 0.2) is 0 Å². The maximum Gasteiger partial charge on any atom is 0.335 e. The highest BCUT2D eigenvalue weighted by molar-refractivity contribution is 7.98. The van der Waals surface area contributed by atoms with E-state index in [4.69, 9.17) is 10.8 Å². The number of aromatic nitrogens is 1. The number of nitrogen functional groups attached to an aromatic ring is 1. The molecule has 5 heteroatoms. The molecule has 0 unspecified atom stereocenters. The predicted molar refractivity (Wildman–Crippen MR) is 71.6 cm³/mol. The van der Waals surface area contributed by atoms with E-state index in [-0.39, 0.29) is 5.56 Å². The number of rotatable bonds is 4. The Hall–Kier alpha value is -2.01. The van der Waals surface area contributed by atoms with Crippen molar-refractivity contribution in [3.05, 3.63) is 53.9 Å². The Morgan fingerprint density at radius 3 is 2.61 bits per heavy atom. The number of thioether (sulfide) groups is 1. The van der Waals surface area contributed by atoms with Crippen molar-refractivity contribution in [2.45, 2.75) is 10.6 Å². The number of nitrogens with two attached hydrogens (primary N) is 1. The fraction of sp³-hybridized carbons (Fsp3) is 0.0769. The van der Waals surface area contributed by atoms with Gasteiger partial charge < -0.3 is 10.8 Å². The van der Waals surface area contributed by atoms with Crippen LogP contribution in [0.1, 0.15) is 15.9 Å². The van der Waals surface area contributed by atoms with Crippen LogP contribution in [-0.4, -0.2) is 16.1 Å². The summed E-state index contributed by atoms with van der Waals surface area (Å²) in [4.78, 5) is 15.6. The van der Waals surface area contributed by atoms with Gasteiger partial charge in [-0.15, -0.1) is 11.8 Å². The molecule has 92 valence electrons. The molecule has 2 aromatic rings. The first-order valence-corrected chi connectivity index (χ1v) is 6.30. The number of hydrogen-bond donors (Lipinski definition) is 2. The van der Waals surface area contributed by atoms with Gasteiger partial charge in [0.05, 0.1) is 5.56 Å². The van der Waals surface area contributed by atoms with Gasteiger partial charge in [0, 0.05) is 28.7 Å². The van der Waals surface area contributed by atoms with Gasteiger partial charge >= 0.3 is 5.97 Å². The van der Waals surface area contributed by atoms with E-state index in [2.05, 4.69) is 4.98 Å². The highest BCUT2D eigenvalue weighted by atomic mass is 32.2. The van der Waals surface area contributed by atoms with Gasteiger partial charge in [-0.25, -0.2) is 4.79 Å². The minimum absolute atomic E-state index is 0.209. The number of carboxylic acid groups (broad SMARTS) is 1. The highest BCUT2D eigenvalue weighted by Crippen LogP contribution is 2.28. The van der Waals surface area contributed by atoms with Gasteiger partial charge in [-0.1, -0.05) is 0 Å². The second-order valence-electron chi connectivity index (χ2n) is 3.70. The Morgan fingerprint density at radius 2 is 2.00 bits per heavy atom. The normalized spacial score (nSPS) is 10.2. The van der Waals surface area contributed by atoms with E-state index in [0.717, 1.165) is 16.2 Å². The first-order valence-electron chi connectivity index (χ1n) is 5.31. The van der Waals surface area contributed by atoms with Crippen molar-refractivity contribution in [1.82, 2.24) is 4.98 Å². The van der Waals surface area contributed by atoms with Crippen LogP contribution in [-0.2, 0) is 5.75 Å². The molecule has 4 nitrogen and oxygen atoms in total. The molecule has 0 saturated carbocycles. The zero-order chi connectivity index (χ0) is 13.0. The van der Waals surface area contributed by atoms with E-state index >= 15 is 0 Å². The molecule has 0 fully saturated rings. The monoisotopic (exact) mass is 260 g/mol. The molecule has 0 aliphatic carbocycles. The van der Waals surface area contributed by atoms with E-state index in [1.54, 1.807) is 36.3 Å². The Kier molecular flexibility index (Phi) is 3.84. The molecule has 2 rings (SSSR count). The van der Waals surface area contributed by atoms with Crippen LogP contribution < -0.4 is 5.73 Å². The van der Waals surface area contributed by atoms with Crippen LogP contribution >= 0.6 is 11.8 Å². The SMILES string of the molecule is Nc1cc(C(=O)O)ccc1SCc1ccncc1. The minimum Gasteiger partial charge on any atom is -0.478 e. The highest BCUT2D eigenvalue weighted by Gasteiger charge is 2.06. The molecule has 0 bridgehead atoms. The summed E-state index contributed by atoms with van der Waals surface area (Å²) in [6.07, 6.45) is 3.49.